The molecule has 0 spiro atoms. The Balaban J connectivity index is 2.58. The van der Waals surface area contributed by atoms with E-state index in [9.17, 15) is 0 Å². The zero-order chi connectivity index (χ0) is 15.4. The molecule has 2 aromatic rings. The molecule has 2 nitrogen and oxygen atoms in total. The molecule has 1 unspecified atom stereocenters. The van der Waals surface area contributed by atoms with Gasteiger partial charge in [-0.05, 0) is 43.3 Å². The van der Waals surface area contributed by atoms with Crippen LogP contribution in [0.1, 0.15) is 29.7 Å². The van der Waals surface area contributed by atoms with E-state index in [1.807, 2.05) is 12.1 Å². The molecule has 0 aromatic heterocycles. The van der Waals surface area contributed by atoms with Crippen molar-refractivity contribution in [2.45, 2.75) is 19.9 Å². The third kappa shape index (κ3) is 3.87. The maximum Gasteiger partial charge on any atom is 0.124 e. The molecule has 0 saturated heterocycles. The summed E-state index contributed by atoms with van der Waals surface area (Å²) in [7, 11) is 1.72. The van der Waals surface area contributed by atoms with Crippen LogP contribution in [0.15, 0.2) is 45.3 Å². The number of halogens is 2. The van der Waals surface area contributed by atoms with E-state index in [0.29, 0.717) is 0 Å². The predicted molar refractivity (Wildman–Crippen MR) is 95.1 cm³/mol. The van der Waals surface area contributed by atoms with E-state index in [-0.39, 0.29) is 6.04 Å². The maximum absolute atomic E-state index is 5.55. The van der Waals surface area contributed by atoms with Crippen LogP contribution in [0.25, 0.3) is 0 Å². The SMILES string of the molecule is CCNC(c1cc(Br)ccc1Br)c1cc(C)ccc1OC. The molecule has 0 heterocycles. The van der Waals surface area contributed by atoms with E-state index in [0.717, 1.165) is 26.8 Å². The van der Waals surface area contributed by atoms with Crippen molar-refractivity contribution in [2.24, 2.45) is 0 Å². The maximum atomic E-state index is 5.55. The molecule has 4 heteroatoms. The van der Waals surface area contributed by atoms with Crippen LogP contribution in [0.2, 0.25) is 0 Å². The summed E-state index contributed by atoms with van der Waals surface area (Å²) in [6, 6.07) is 12.6. The third-order valence-corrected chi connectivity index (χ3v) is 4.59. The lowest BCUT2D eigenvalue weighted by atomic mass is 9.96. The van der Waals surface area contributed by atoms with Gasteiger partial charge in [-0.3, -0.25) is 0 Å². The zero-order valence-corrected chi connectivity index (χ0v) is 15.6. The molecular formula is C17H19Br2NO. The standard InChI is InChI=1S/C17H19Br2NO/c1-4-20-17(13-10-12(18)6-7-15(13)19)14-9-11(2)5-8-16(14)21-3/h5-10,17,20H,4H2,1-3H3. The Morgan fingerprint density at radius 1 is 1.10 bits per heavy atom. The lowest BCUT2D eigenvalue weighted by molar-refractivity contribution is 0.404. The topological polar surface area (TPSA) is 21.3 Å². The summed E-state index contributed by atoms with van der Waals surface area (Å²) in [5.74, 6) is 0.901. The number of rotatable bonds is 5. The highest BCUT2D eigenvalue weighted by Gasteiger charge is 2.20. The van der Waals surface area contributed by atoms with Crippen LogP contribution in [0.3, 0.4) is 0 Å². The fourth-order valence-corrected chi connectivity index (χ4v) is 3.26. The highest BCUT2D eigenvalue weighted by molar-refractivity contribution is 9.11. The van der Waals surface area contributed by atoms with Crippen molar-refractivity contribution in [3.63, 3.8) is 0 Å². The van der Waals surface area contributed by atoms with Gasteiger partial charge in [-0.1, -0.05) is 56.5 Å². The summed E-state index contributed by atoms with van der Waals surface area (Å²) < 4.78 is 7.70. The lowest BCUT2D eigenvalue weighted by Gasteiger charge is -2.23. The first kappa shape index (κ1) is 16.5. The summed E-state index contributed by atoms with van der Waals surface area (Å²) in [4.78, 5) is 0. The third-order valence-electron chi connectivity index (χ3n) is 3.37. The monoisotopic (exact) mass is 411 g/mol. The molecule has 0 aliphatic carbocycles. The molecule has 0 saturated carbocycles. The summed E-state index contributed by atoms with van der Waals surface area (Å²) >= 11 is 7.22. The molecule has 0 radical (unpaired) electrons. The van der Waals surface area contributed by atoms with Gasteiger partial charge in [0.1, 0.15) is 5.75 Å². The minimum atomic E-state index is 0.0803. The molecule has 0 aliphatic rings. The number of aryl methyl sites for hydroxylation is 1. The summed E-state index contributed by atoms with van der Waals surface area (Å²) in [6.45, 7) is 5.09. The number of benzene rings is 2. The van der Waals surface area contributed by atoms with E-state index < -0.39 is 0 Å². The van der Waals surface area contributed by atoms with E-state index in [4.69, 9.17) is 4.74 Å². The van der Waals surface area contributed by atoms with Gasteiger partial charge in [-0.15, -0.1) is 0 Å². The number of methoxy groups -OCH3 is 1. The Bertz CT molecular complexity index is 628. The Hall–Kier alpha value is -0.840. The molecular weight excluding hydrogens is 394 g/mol. The molecule has 2 rings (SSSR count). The van der Waals surface area contributed by atoms with Crippen LogP contribution in [-0.2, 0) is 0 Å². The average Bonchev–Trinajstić information content (AvgIpc) is 2.47. The second-order valence-electron chi connectivity index (χ2n) is 4.90. The van der Waals surface area contributed by atoms with Gasteiger partial charge < -0.3 is 10.1 Å². The van der Waals surface area contributed by atoms with Gasteiger partial charge in [0.2, 0.25) is 0 Å². The van der Waals surface area contributed by atoms with Gasteiger partial charge in [0.05, 0.1) is 13.2 Å². The van der Waals surface area contributed by atoms with Gasteiger partial charge >= 0.3 is 0 Å². The molecule has 0 fully saturated rings. The van der Waals surface area contributed by atoms with Crippen molar-refractivity contribution in [1.82, 2.24) is 5.32 Å². The van der Waals surface area contributed by atoms with Gasteiger partial charge in [-0.2, -0.15) is 0 Å². The number of ether oxygens (including phenoxy) is 1. The second kappa shape index (κ2) is 7.43. The van der Waals surface area contributed by atoms with E-state index >= 15 is 0 Å². The molecule has 2 aromatic carbocycles. The quantitative estimate of drug-likeness (QED) is 0.725. The first-order chi connectivity index (χ1) is 10.1. The van der Waals surface area contributed by atoms with E-state index in [1.54, 1.807) is 7.11 Å². The Morgan fingerprint density at radius 3 is 2.52 bits per heavy atom. The Labute approximate surface area is 143 Å². The minimum absolute atomic E-state index is 0.0803. The Kier molecular flexibility index (Phi) is 5.85. The Morgan fingerprint density at radius 2 is 1.86 bits per heavy atom. The lowest BCUT2D eigenvalue weighted by Crippen LogP contribution is -2.23. The zero-order valence-electron chi connectivity index (χ0n) is 12.4. The van der Waals surface area contributed by atoms with Crippen molar-refractivity contribution in [3.8, 4) is 5.75 Å². The number of hydrogen-bond donors (Lipinski definition) is 1. The van der Waals surface area contributed by atoms with Gasteiger partial charge in [0.15, 0.2) is 0 Å². The summed E-state index contributed by atoms with van der Waals surface area (Å²) in [5.41, 5.74) is 3.56. The molecule has 1 N–H and O–H groups in total. The van der Waals surface area contributed by atoms with Crippen LogP contribution in [-0.4, -0.2) is 13.7 Å². The normalized spacial score (nSPS) is 12.2. The largest absolute Gasteiger partial charge is 0.496 e. The molecule has 0 bridgehead atoms. The molecule has 0 aliphatic heterocycles. The average molecular weight is 413 g/mol. The number of hydrogen-bond acceptors (Lipinski definition) is 2. The van der Waals surface area contributed by atoms with Crippen LogP contribution in [0, 0.1) is 6.92 Å². The number of nitrogens with one attached hydrogen (secondary N) is 1. The van der Waals surface area contributed by atoms with E-state index in [1.165, 1.54) is 11.1 Å². The second-order valence-corrected chi connectivity index (χ2v) is 6.67. The van der Waals surface area contributed by atoms with Crippen LogP contribution in [0.5, 0.6) is 5.75 Å². The fraction of sp³-hybridized carbons (Fsp3) is 0.294. The molecule has 21 heavy (non-hydrogen) atoms. The predicted octanol–water partition coefficient (Wildman–Crippen LogP) is 5.23. The smallest absolute Gasteiger partial charge is 0.124 e. The molecule has 112 valence electrons. The van der Waals surface area contributed by atoms with Gasteiger partial charge in [0.25, 0.3) is 0 Å². The van der Waals surface area contributed by atoms with Gasteiger partial charge in [0, 0.05) is 14.5 Å². The molecule has 1 atom stereocenters. The summed E-state index contributed by atoms with van der Waals surface area (Å²) in [6.07, 6.45) is 0. The van der Waals surface area contributed by atoms with E-state index in [2.05, 4.69) is 75.3 Å². The fourth-order valence-electron chi connectivity index (χ4n) is 2.41. The highest BCUT2D eigenvalue weighted by atomic mass is 79.9. The minimum Gasteiger partial charge on any atom is -0.496 e. The van der Waals surface area contributed by atoms with Crippen molar-refractivity contribution in [3.05, 3.63) is 62.0 Å². The van der Waals surface area contributed by atoms with Crippen molar-refractivity contribution in [1.29, 1.82) is 0 Å². The van der Waals surface area contributed by atoms with Crippen molar-refractivity contribution < 1.29 is 4.74 Å². The molecule has 0 amide bonds. The highest BCUT2D eigenvalue weighted by Crippen LogP contribution is 2.35. The first-order valence-electron chi connectivity index (χ1n) is 6.89. The van der Waals surface area contributed by atoms with Crippen LogP contribution < -0.4 is 10.1 Å². The van der Waals surface area contributed by atoms with Gasteiger partial charge in [-0.25, -0.2) is 0 Å². The van der Waals surface area contributed by atoms with Crippen molar-refractivity contribution >= 4 is 31.9 Å². The van der Waals surface area contributed by atoms with Crippen LogP contribution in [0.4, 0.5) is 0 Å². The van der Waals surface area contributed by atoms with Crippen LogP contribution >= 0.6 is 31.9 Å². The summed E-state index contributed by atoms with van der Waals surface area (Å²) in [5, 5.41) is 3.55. The first-order valence-corrected chi connectivity index (χ1v) is 8.48. The van der Waals surface area contributed by atoms with Crippen molar-refractivity contribution in [2.75, 3.05) is 13.7 Å².